The highest BCUT2D eigenvalue weighted by atomic mass is 32.2. The van der Waals surface area contributed by atoms with Crippen molar-refractivity contribution in [2.45, 2.75) is 25.3 Å². The van der Waals surface area contributed by atoms with E-state index in [1.807, 2.05) is 6.92 Å². The molecule has 0 saturated carbocycles. The molecule has 0 aliphatic carbocycles. The van der Waals surface area contributed by atoms with Crippen molar-refractivity contribution in [1.29, 1.82) is 0 Å². The van der Waals surface area contributed by atoms with Crippen molar-refractivity contribution in [3.8, 4) is 0 Å². The van der Waals surface area contributed by atoms with Gasteiger partial charge in [-0.15, -0.1) is 11.8 Å². The Hall–Kier alpha value is -1.70. The largest absolute Gasteiger partial charge is 0.480 e. The quantitative estimate of drug-likeness (QED) is 0.849. The molecule has 1 aliphatic heterocycles. The maximum atomic E-state index is 12.2. The molecule has 2 heterocycles. The van der Waals surface area contributed by atoms with Gasteiger partial charge in [-0.05, 0) is 13.8 Å². The van der Waals surface area contributed by atoms with Crippen LogP contribution in [0.3, 0.4) is 0 Å². The van der Waals surface area contributed by atoms with Gasteiger partial charge in [-0.2, -0.15) is 5.10 Å². The Morgan fingerprint density at radius 2 is 2.26 bits per heavy atom. The number of aryl methyl sites for hydroxylation is 2. The van der Waals surface area contributed by atoms with E-state index in [1.54, 1.807) is 24.9 Å². The predicted octanol–water partition coefficient (Wildman–Crippen LogP) is 1.11. The Morgan fingerprint density at radius 3 is 2.79 bits per heavy atom. The van der Waals surface area contributed by atoms with E-state index >= 15 is 0 Å². The van der Waals surface area contributed by atoms with Gasteiger partial charge in [0.15, 0.2) is 0 Å². The van der Waals surface area contributed by atoms with Crippen molar-refractivity contribution in [1.82, 2.24) is 14.7 Å². The highest BCUT2D eigenvalue weighted by molar-refractivity contribution is 8.00. The van der Waals surface area contributed by atoms with Gasteiger partial charge in [0.25, 0.3) is 0 Å². The van der Waals surface area contributed by atoms with E-state index in [1.165, 1.54) is 16.7 Å². The van der Waals surface area contributed by atoms with Crippen LogP contribution in [0.5, 0.6) is 0 Å². The van der Waals surface area contributed by atoms with Gasteiger partial charge >= 0.3 is 12.0 Å². The van der Waals surface area contributed by atoms with Crippen molar-refractivity contribution in [3.05, 3.63) is 11.9 Å². The number of carbonyl (C=O) groups excluding carboxylic acids is 1. The minimum absolute atomic E-state index is 0.155. The van der Waals surface area contributed by atoms with E-state index in [9.17, 15) is 9.59 Å². The van der Waals surface area contributed by atoms with E-state index in [2.05, 4.69) is 10.4 Å². The molecular weight excluding hydrogens is 268 g/mol. The number of rotatable bonds is 2. The van der Waals surface area contributed by atoms with Crippen LogP contribution in [0.1, 0.15) is 12.6 Å². The summed E-state index contributed by atoms with van der Waals surface area (Å²) >= 11 is 1.45. The lowest BCUT2D eigenvalue weighted by Gasteiger charge is -2.24. The van der Waals surface area contributed by atoms with Crippen molar-refractivity contribution >= 4 is 29.4 Å². The van der Waals surface area contributed by atoms with Crippen LogP contribution in [-0.4, -0.2) is 49.0 Å². The van der Waals surface area contributed by atoms with Gasteiger partial charge in [0.1, 0.15) is 6.04 Å². The van der Waals surface area contributed by atoms with Crippen LogP contribution in [0, 0.1) is 6.92 Å². The molecule has 0 spiro atoms. The number of nitrogens with one attached hydrogen (secondary N) is 1. The molecule has 0 bridgehead atoms. The van der Waals surface area contributed by atoms with Gasteiger partial charge in [-0.3, -0.25) is 9.58 Å². The second-order valence-corrected chi connectivity index (χ2v) is 5.77. The summed E-state index contributed by atoms with van der Waals surface area (Å²) in [7, 11) is 1.76. The Bertz CT molecular complexity index is 516. The minimum Gasteiger partial charge on any atom is -0.480 e. The molecule has 1 saturated heterocycles. The van der Waals surface area contributed by atoms with E-state index in [0.29, 0.717) is 17.1 Å². The maximum Gasteiger partial charge on any atom is 0.327 e. The normalized spacial score (nSPS) is 22.6. The first-order valence-corrected chi connectivity index (χ1v) is 6.89. The van der Waals surface area contributed by atoms with Gasteiger partial charge in [-0.25, -0.2) is 9.59 Å². The minimum atomic E-state index is -0.977. The molecule has 19 heavy (non-hydrogen) atoms. The summed E-state index contributed by atoms with van der Waals surface area (Å²) in [5.74, 6) is -0.564. The third-order valence-corrected chi connectivity index (χ3v) is 4.22. The van der Waals surface area contributed by atoms with Gasteiger partial charge in [0.2, 0.25) is 0 Å². The number of aliphatic carboxylic acids is 1. The number of carboxylic acid groups (broad SMARTS) is 1. The summed E-state index contributed by atoms with van der Waals surface area (Å²) < 4.78 is 1.60. The first kappa shape index (κ1) is 13.7. The van der Waals surface area contributed by atoms with Crippen LogP contribution in [0.4, 0.5) is 10.5 Å². The van der Waals surface area contributed by atoms with Crippen molar-refractivity contribution in [3.63, 3.8) is 0 Å². The molecule has 104 valence electrons. The molecule has 2 unspecified atom stereocenters. The molecule has 0 aromatic carbocycles. The van der Waals surface area contributed by atoms with E-state index in [4.69, 9.17) is 5.11 Å². The van der Waals surface area contributed by atoms with Crippen LogP contribution < -0.4 is 5.32 Å². The SMILES string of the molecule is Cc1nn(C)cc1NC(=O)N1C(C)SCC1C(=O)O. The highest BCUT2D eigenvalue weighted by Crippen LogP contribution is 2.29. The van der Waals surface area contributed by atoms with Gasteiger partial charge < -0.3 is 10.4 Å². The fraction of sp³-hybridized carbons (Fsp3) is 0.545. The lowest BCUT2D eigenvalue weighted by Crippen LogP contribution is -2.46. The van der Waals surface area contributed by atoms with Crippen LogP contribution in [0.15, 0.2) is 6.20 Å². The summed E-state index contributed by atoms with van der Waals surface area (Å²) in [5, 5.41) is 15.8. The number of urea groups is 1. The predicted molar refractivity (Wildman–Crippen MR) is 72.1 cm³/mol. The molecular formula is C11H16N4O3S. The standard InChI is InChI=1S/C11H16N4O3S/c1-6-8(4-14(3)13-6)12-11(18)15-7(2)19-5-9(15)10(16)17/h4,7,9H,5H2,1-3H3,(H,12,18)(H,16,17). The summed E-state index contributed by atoms with van der Waals surface area (Å²) in [6.45, 7) is 3.61. The number of carboxylic acids is 1. The van der Waals surface area contributed by atoms with Crippen molar-refractivity contribution < 1.29 is 14.7 Å². The van der Waals surface area contributed by atoms with Gasteiger partial charge in [0.05, 0.1) is 16.8 Å². The number of carbonyl (C=O) groups is 2. The summed E-state index contributed by atoms with van der Waals surface area (Å²) in [5.41, 5.74) is 1.29. The number of amides is 2. The second-order valence-electron chi connectivity index (χ2n) is 4.43. The molecule has 7 nitrogen and oxygen atoms in total. The number of thioether (sulfide) groups is 1. The fourth-order valence-electron chi connectivity index (χ4n) is 2.04. The van der Waals surface area contributed by atoms with Crippen molar-refractivity contribution in [2.75, 3.05) is 11.1 Å². The summed E-state index contributed by atoms with van der Waals surface area (Å²) in [4.78, 5) is 24.7. The summed E-state index contributed by atoms with van der Waals surface area (Å²) in [6, 6.07) is -1.18. The molecule has 8 heteroatoms. The molecule has 1 fully saturated rings. The molecule has 1 aliphatic rings. The fourth-order valence-corrected chi connectivity index (χ4v) is 3.21. The zero-order chi connectivity index (χ0) is 14.2. The van der Waals surface area contributed by atoms with Crippen LogP contribution >= 0.6 is 11.8 Å². The molecule has 2 rings (SSSR count). The van der Waals surface area contributed by atoms with Crippen molar-refractivity contribution in [2.24, 2.45) is 7.05 Å². The first-order valence-electron chi connectivity index (χ1n) is 5.84. The Morgan fingerprint density at radius 1 is 1.58 bits per heavy atom. The average molecular weight is 284 g/mol. The summed E-state index contributed by atoms with van der Waals surface area (Å²) in [6.07, 6.45) is 1.69. The molecule has 0 radical (unpaired) electrons. The second kappa shape index (κ2) is 5.12. The number of nitrogens with zero attached hydrogens (tertiary/aromatic N) is 3. The number of hydrogen-bond acceptors (Lipinski definition) is 4. The monoisotopic (exact) mass is 284 g/mol. The third kappa shape index (κ3) is 2.67. The number of aromatic nitrogens is 2. The van der Waals surface area contributed by atoms with E-state index < -0.39 is 18.0 Å². The van der Waals surface area contributed by atoms with Gasteiger partial charge in [0, 0.05) is 19.0 Å². The Labute approximate surface area is 115 Å². The van der Waals surface area contributed by atoms with E-state index in [-0.39, 0.29) is 5.37 Å². The Balaban J connectivity index is 2.14. The van der Waals surface area contributed by atoms with Crippen LogP contribution in [0.2, 0.25) is 0 Å². The lowest BCUT2D eigenvalue weighted by molar-refractivity contribution is -0.141. The number of anilines is 1. The first-order chi connectivity index (χ1) is 8.90. The smallest absolute Gasteiger partial charge is 0.327 e. The molecule has 2 atom stereocenters. The third-order valence-electron chi connectivity index (χ3n) is 3.00. The molecule has 2 N–H and O–H groups in total. The highest BCUT2D eigenvalue weighted by Gasteiger charge is 2.39. The molecule has 1 aromatic rings. The lowest BCUT2D eigenvalue weighted by atomic mass is 10.3. The Kier molecular flexibility index (Phi) is 3.70. The van der Waals surface area contributed by atoms with Gasteiger partial charge in [-0.1, -0.05) is 0 Å². The number of hydrogen-bond donors (Lipinski definition) is 2. The average Bonchev–Trinajstić information content (AvgIpc) is 2.82. The topological polar surface area (TPSA) is 87.5 Å². The van der Waals surface area contributed by atoms with E-state index in [0.717, 1.165) is 0 Å². The molecule has 2 amide bonds. The van der Waals surface area contributed by atoms with Crippen LogP contribution in [0.25, 0.3) is 0 Å². The molecule has 1 aromatic heterocycles. The maximum absolute atomic E-state index is 12.2. The zero-order valence-corrected chi connectivity index (χ0v) is 11.8. The zero-order valence-electron chi connectivity index (χ0n) is 11.0. The van der Waals surface area contributed by atoms with Crippen LogP contribution in [-0.2, 0) is 11.8 Å².